The van der Waals surface area contributed by atoms with Gasteiger partial charge in [-0.15, -0.1) is 0 Å². The molecule has 0 spiro atoms. The zero-order valence-corrected chi connectivity index (χ0v) is 9.54. The van der Waals surface area contributed by atoms with Gasteiger partial charge in [0.15, 0.2) is 0 Å². The van der Waals surface area contributed by atoms with Crippen molar-refractivity contribution in [2.75, 3.05) is 5.33 Å². The van der Waals surface area contributed by atoms with Crippen molar-refractivity contribution in [3.8, 4) is 0 Å². The molecule has 72 valence electrons. The molecule has 0 amide bonds. The molecule has 0 N–H and O–H groups in total. The first-order chi connectivity index (χ1) is 6.13. The minimum Gasteiger partial charge on any atom is -0.315 e. The Morgan fingerprint density at radius 2 is 2.31 bits per heavy atom. The van der Waals surface area contributed by atoms with Crippen molar-refractivity contribution in [2.45, 2.75) is 20.4 Å². The summed E-state index contributed by atoms with van der Waals surface area (Å²) in [4.78, 5) is 11.4. The van der Waals surface area contributed by atoms with E-state index in [4.69, 9.17) is 0 Å². The molecule has 0 fully saturated rings. The number of alkyl halides is 1. The summed E-state index contributed by atoms with van der Waals surface area (Å²) in [7, 11) is 0. The van der Waals surface area contributed by atoms with E-state index in [1.807, 2.05) is 19.2 Å². The molecule has 1 aromatic rings. The molecule has 0 aliphatic heterocycles. The molecule has 0 aliphatic rings. The van der Waals surface area contributed by atoms with Crippen LogP contribution in [-0.2, 0) is 6.54 Å². The van der Waals surface area contributed by atoms with Crippen molar-refractivity contribution in [3.05, 3.63) is 34.2 Å². The Hall–Kier alpha value is -0.570. The van der Waals surface area contributed by atoms with Crippen molar-refractivity contribution >= 4 is 15.9 Å². The summed E-state index contributed by atoms with van der Waals surface area (Å²) < 4.78 is 1.75. The molecule has 0 bridgehead atoms. The first-order valence-electron chi connectivity index (χ1n) is 4.36. The van der Waals surface area contributed by atoms with Crippen molar-refractivity contribution in [1.82, 2.24) is 4.57 Å². The van der Waals surface area contributed by atoms with Crippen LogP contribution >= 0.6 is 15.9 Å². The van der Waals surface area contributed by atoms with E-state index in [0.29, 0.717) is 5.92 Å². The minimum absolute atomic E-state index is 0.0906. The SMILES string of the molecule is Cc1ccn(CC(C)CBr)c(=O)c1. The number of nitrogens with zero attached hydrogens (tertiary/aromatic N) is 1. The lowest BCUT2D eigenvalue weighted by atomic mass is 10.2. The van der Waals surface area contributed by atoms with Crippen LogP contribution in [0.5, 0.6) is 0 Å². The third-order valence-corrected chi connectivity index (χ3v) is 3.03. The Bertz CT molecular complexity index is 332. The molecule has 0 radical (unpaired) electrons. The lowest BCUT2D eigenvalue weighted by Crippen LogP contribution is -2.22. The van der Waals surface area contributed by atoms with Gasteiger partial charge in [-0.1, -0.05) is 22.9 Å². The number of aryl methyl sites for hydroxylation is 1. The van der Waals surface area contributed by atoms with Gasteiger partial charge in [0.2, 0.25) is 0 Å². The Kier molecular flexibility index (Phi) is 3.72. The quantitative estimate of drug-likeness (QED) is 0.747. The minimum atomic E-state index is 0.0906. The molecule has 13 heavy (non-hydrogen) atoms. The highest BCUT2D eigenvalue weighted by Gasteiger charge is 2.02. The van der Waals surface area contributed by atoms with Crippen LogP contribution in [0.4, 0.5) is 0 Å². The fraction of sp³-hybridized carbons (Fsp3) is 0.500. The van der Waals surface area contributed by atoms with Crippen LogP contribution in [0.3, 0.4) is 0 Å². The van der Waals surface area contributed by atoms with Crippen molar-refractivity contribution < 1.29 is 0 Å². The first-order valence-corrected chi connectivity index (χ1v) is 5.48. The molecule has 0 aliphatic carbocycles. The molecule has 0 aromatic carbocycles. The van der Waals surface area contributed by atoms with E-state index >= 15 is 0 Å². The van der Waals surface area contributed by atoms with Gasteiger partial charge in [-0.2, -0.15) is 0 Å². The van der Waals surface area contributed by atoms with E-state index in [1.165, 1.54) is 0 Å². The monoisotopic (exact) mass is 243 g/mol. The second-order valence-electron chi connectivity index (χ2n) is 3.45. The number of pyridine rings is 1. The maximum Gasteiger partial charge on any atom is 0.250 e. The normalized spacial score (nSPS) is 12.8. The van der Waals surface area contributed by atoms with Gasteiger partial charge in [-0.3, -0.25) is 4.79 Å². The summed E-state index contributed by atoms with van der Waals surface area (Å²) in [5, 5.41) is 0.924. The maximum atomic E-state index is 11.4. The molecular weight excluding hydrogens is 230 g/mol. The topological polar surface area (TPSA) is 22.0 Å². The largest absolute Gasteiger partial charge is 0.315 e. The Labute approximate surface area is 86.7 Å². The van der Waals surface area contributed by atoms with Crippen LogP contribution in [0.15, 0.2) is 23.1 Å². The Morgan fingerprint density at radius 1 is 1.62 bits per heavy atom. The van der Waals surface area contributed by atoms with Crippen LogP contribution in [-0.4, -0.2) is 9.90 Å². The van der Waals surface area contributed by atoms with Crippen LogP contribution in [0.25, 0.3) is 0 Å². The van der Waals surface area contributed by atoms with E-state index in [1.54, 1.807) is 10.6 Å². The van der Waals surface area contributed by atoms with Gasteiger partial charge in [0.25, 0.3) is 5.56 Å². The summed E-state index contributed by atoms with van der Waals surface area (Å²) in [6.07, 6.45) is 1.86. The predicted octanol–water partition coefficient (Wildman–Crippen LogP) is 2.19. The molecular formula is C10H14BrNO. The van der Waals surface area contributed by atoms with Gasteiger partial charge in [-0.25, -0.2) is 0 Å². The number of hydrogen-bond acceptors (Lipinski definition) is 1. The summed E-state index contributed by atoms with van der Waals surface area (Å²) in [5.74, 6) is 0.486. The fourth-order valence-electron chi connectivity index (χ4n) is 1.14. The molecule has 1 atom stereocenters. The molecule has 1 aromatic heterocycles. The van der Waals surface area contributed by atoms with Crippen LogP contribution in [0, 0.1) is 12.8 Å². The van der Waals surface area contributed by atoms with Crippen LogP contribution < -0.4 is 5.56 Å². The van der Waals surface area contributed by atoms with Gasteiger partial charge in [0.05, 0.1) is 0 Å². The molecule has 3 heteroatoms. The van der Waals surface area contributed by atoms with E-state index < -0.39 is 0 Å². The zero-order valence-electron chi connectivity index (χ0n) is 7.96. The summed E-state index contributed by atoms with van der Waals surface area (Å²) in [5.41, 5.74) is 1.11. The Morgan fingerprint density at radius 3 is 2.85 bits per heavy atom. The van der Waals surface area contributed by atoms with Crippen molar-refractivity contribution in [3.63, 3.8) is 0 Å². The standard InChI is InChI=1S/C10H14BrNO/c1-8-3-4-12(10(13)5-8)7-9(2)6-11/h3-5,9H,6-7H2,1-2H3. The fourth-order valence-corrected chi connectivity index (χ4v) is 1.35. The predicted molar refractivity (Wildman–Crippen MR) is 58.4 cm³/mol. The van der Waals surface area contributed by atoms with E-state index in [9.17, 15) is 4.79 Å². The van der Waals surface area contributed by atoms with E-state index in [2.05, 4.69) is 22.9 Å². The molecule has 1 heterocycles. The number of rotatable bonds is 3. The summed E-state index contributed by atoms with van der Waals surface area (Å²) in [6.45, 7) is 4.82. The number of hydrogen-bond donors (Lipinski definition) is 0. The summed E-state index contributed by atoms with van der Waals surface area (Å²) in [6, 6.07) is 3.63. The van der Waals surface area contributed by atoms with E-state index in [0.717, 1.165) is 17.4 Å². The number of halogens is 1. The van der Waals surface area contributed by atoms with Crippen molar-refractivity contribution in [2.24, 2.45) is 5.92 Å². The molecule has 1 rings (SSSR count). The number of aromatic nitrogens is 1. The molecule has 0 saturated heterocycles. The van der Waals surface area contributed by atoms with Crippen LogP contribution in [0.2, 0.25) is 0 Å². The third kappa shape index (κ3) is 2.99. The van der Waals surface area contributed by atoms with Gasteiger partial charge in [0.1, 0.15) is 0 Å². The molecule has 2 nitrogen and oxygen atoms in total. The second kappa shape index (κ2) is 4.61. The lowest BCUT2D eigenvalue weighted by Gasteiger charge is -2.10. The summed E-state index contributed by atoms with van der Waals surface area (Å²) >= 11 is 3.40. The van der Waals surface area contributed by atoms with Gasteiger partial charge in [-0.05, 0) is 24.5 Å². The molecule has 0 saturated carbocycles. The first kappa shape index (κ1) is 10.5. The maximum absolute atomic E-state index is 11.4. The van der Waals surface area contributed by atoms with Crippen LogP contribution in [0.1, 0.15) is 12.5 Å². The lowest BCUT2D eigenvalue weighted by molar-refractivity contribution is 0.520. The highest BCUT2D eigenvalue weighted by molar-refractivity contribution is 9.09. The van der Waals surface area contributed by atoms with Gasteiger partial charge >= 0.3 is 0 Å². The third-order valence-electron chi connectivity index (χ3n) is 1.92. The van der Waals surface area contributed by atoms with E-state index in [-0.39, 0.29) is 5.56 Å². The second-order valence-corrected chi connectivity index (χ2v) is 4.10. The smallest absolute Gasteiger partial charge is 0.250 e. The van der Waals surface area contributed by atoms with Crippen molar-refractivity contribution in [1.29, 1.82) is 0 Å². The van der Waals surface area contributed by atoms with Gasteiger partial charge < -0.3 is 4.57 Å². The van der Waals surface area contributed by atoms with Gasteiger partial charge in [0, 0.05) is 24.1 Å². The highest BCUT2D eigenvalue weighted by atomic mass is 79.9. The average molecular weight is 244 g/mol. The highest BCUT2D eigenvalue weighted by Crippen LogP contribution is 2.02. The Balaban J connectivity index is 2.84. The zero-order chi connectivity index (χ0) is 9.84. The molecule has 1 unspecified atom stereocenters. The average Bonchev–Trinajstić information content (AvgIpc) is 2.09.